The first kappa shape index (κ1) is 14.3. The molecule has 1 heterocycles. The van der Waals surface area contributed by atoms with E-state index in [1.54, 1.807) is 0 Å². The molecule has 0 saturated carbocycles. The molecule has 0 aromatic heterocycles. The third-order valence-electron chi connectivity index (χ3n) is 3.74. The standard InChI is InChI=1S/C13H28N2S/c1-11(14-6)12(2,3)9-15-7-8-16-13(4,5)10-15/h11,14H,7-10H2,1-6H3. The maximum absolute atomic E-state index is 3.38. The summed E-state index contributed by atoms with van der Waals surface area (Å²) in [4.78, 5) is 2.63. The molecule has 3 heteroatoms. The molecule has 1 atom stereocenters. The van der Waals surface area contributed by atoms with Crippen LogP contribution in [0.5, 0.6) is 0 Å². The molecule has 1 rings (SSSR count). The quantitative estimate of drug-likeness (QED) is 0.818. The first-order valence-electron chi connectivity index (χ1n) is 6.30. The maximum Gasteiger partial charge on any atom is 0.0231 e. The summed E-state index contributed by atoms with van der Waals surface area (Å²) in [6, 6.07) is 0.560. The smallest absolute Gasteiger partial charge is 0.0231 e. The third-order valence-corrected chi connectivity index (χ3v) is 5.04. The van der Waals surface area contributed by atoms with Crippen LogP contribution >= 0.6 is 11.8 Å². The summed E-state index contributed by atoms with van der Waals surface area (Å²) in [7, 11) is 2.06. The lowest BCUT2D eigenvalue weighted by atomic mass is 9.84. The van der Waals surface area contributed by atoms with Gasteiger partial charge in [0.15, 0.2) is 0 Å². The first-order valence-corrected chi connectivity index (χ1v) is 7.29. The monoisotopic (exact) mass is 244 g/mol. The Balaban J connectivity index is 2.53. The number of hydrogen-bond acceptors (Lipinski definition) is 3. The molecule has 16 heavy (non-hydrogen) atoms. The van der Waals surface area contributed by atoms with Gasteiger partial charge in [-0.2, -0.15) is 11.8 Å². The minimum atomic E-state index is 0.340. The highest BCUT2D eigenvalue weighted by Gasteiger charge is 2.32. The molecule has 1 aliphatic heterocycles. The van der Waals surface area contributed by atoms with Gasteiger partial charge in [-0.05, 0) is 33.2 Å². The predicted octanol–water partition coefficient (Wildman–Crippen LogP) is 2.45. The van der Waals surface area contributed by atoms with Crippen molar-refractivity contribution >= 4 is 11.8 Å². The molecule has 1 unspecified atom stereocenters. The SMILES string of the molecule is CNC(C)C(C)(C)CN1CCSC(C)(C)C1. The number of rotatable bonds is 4. The summed E-state index contributed by atoms with van der Waals surface area (Å²) in [5.41, 5.74) is 0.340. The second-order valence-electron chi connectivity index (χ2n) is 6.32. The lowest BCUT2D eigenvalue weighted by molar-refractivity contribution is 0.141. The van der Waals surface area contributed by atoms with Crippen molar-refractivity contribution in [2.75, 3.05) is 32.4 Å². The molecule has 1 N–H and O–H groups in total. The van der Waals surface area contributed by atoms with Crippen molar-refractivity contribution in [1.82, 2.24) is 10.2 Å². The summed E-state index contributed by atoms with van der Waals surface area (Å²) in [5, 5.41) is 3.38. The Morgan fingerprint density at radius 1 is 1.44 bits per heavy atom. The number of nitrogens with zero attached hydrogens (tertiary/aromatic N) is 1. The van der Waals surface area contributed by atoms with Crippen molar-refractivity contribution in [2.24, 2.45) is 5.41 Å². The highest BCUT2D eigenvalue weighted by molar-refractivity contribution is 8.00. The average Bonchev–Trinajstić information content (AvgIpc) is 2.14. The van der Waals surface area contributed by atoms with Gasteiger partial charge >= 0.3 is 0 Å². The van der Waals surface area contributed by atoms with E-state index >= 15 is 0 Å². The van der Waals surface area contributed by atoms with Gasteiger partial charge in [-0.1, -0.05) is 13.8 Å². The molecule has 0 bridgehead atoms. The average molecular weight is 244 g/mol. The fourth-order valence-electron chi connectivity index (χ4n) is 2.35. The van der Waals surface area contributed by atoms with Crippen LogP contribution in [0.1, 0.15) is 34.6 Å². The second kappa shape index (κ2) is 5.28. The van der Waals surface area contributed by atoms with E-state index in [9.17, 15) is 0 Å². The van der Waals surface area contributed by atoms with Crippen molar-refractivity contribution in [2.45, 2.75) is 45.4 Å². The Kier molecular flexibility index (Phi) is 4.73. The maximum atomic E-state index is 3.38. The Bertz CT molecular complexity index is 226. The first-order chi connectivity index (χ1) is 7.27. The minimum absolute atomic E-state index is 0.340. The number of hydrogen-bond donors (Lipinski definition) is 1. The second-order valence-corrected chi connectivity index (χ2v) is 8.12. The number of thioether (sulfide) groups is 1. The Morgan fingerprint density at radius 3 is 2.56 bits per heavy atom. The van der Waals surface area contributed by atoms with Gasteiger partial charge in [0, 0.05) is 36.2 Å². The molecule has 0 aromatic carbocycles. The third kappa shape index (κ3) is 3.94. The van der Waals surface area contributed by atoms with E-state index in [-0.39, 0.29) is 0 Å². The van der Waals surface area contributed by atoms with Gasteiger partial charge in [0.05, 0.1) is 0 Å². The van der Waals surface area contributed by atoms with Crippen LogP contribution < -0.4 is 5.32 Å². The van der Waals surface area contributed by atoms with Gasteiger partial charge in [0.1, 0.15) is 0 Å². The topological polar surface area (TPSA) is 15.3 Å². The van der Waals surface area contributed by atoms with Crippen LogP contribution in [0.3, 0.4) is 0 Å². The molecular formula is C13H28N2S. The van der Waals surface area contributed by atoms with E-state index in [2.05, 4.69) is 63.6 Å². The van der Waals surface area contributed by atoms with Crippen LogP contribution in [-0.4, -0.2) is 48.1 Å². The molecule has 0 amide bonds. The van der Waals surface area contributed by atoms with E-state index in [0.717, 1.165) is 0 Å². The van der Waals surface area contributed by atoms with Crippen molar-refractivity contribution in [3.8, 4) is 0 Å². The molecule has 2 nitrogen and oxygen atoms in total. The normalized spacial score (nSPS) is 24.4. The van der Waals surface area contributed by atoms with Gasteiger partial charge < -0.3 is 10.2 Å². The summed E-state index contributed by atoms with van der Waals surface area (Å²) >= 11 is 2.11. The van der Waals surface area contributed by atoms with Crippen LogP contribution in [0.25, 0.3) is 0 Å². The fraction of sp³-hybridized carbons (Fsp3) is 1.00. The molecule has 1 fully saturated rings. The highest BCUT2D eigenvalue weighted by atomic mass is 32.2. The van der Waals surface area contributed by atoms with E-state index in [1.807, 2.05) is 0 Å². The largest absolute Gasteiger partial charge is 0.317 e. The van der Waals surface area contributed by atoms with Gasteiger partial charge in [-0.3, -0.25) is 0 Å². The van der Waals surface area contributed by atoms with Crippen molar-refractivity contribution in [3.63, 3.8) is 0 Å². The predicted molar refractivity (Wildman–Crippen MR) is 75.3 cm³/mol. The molecular weight excluding hydrogens is 216 g/mol. The van der Waals surface area contributed by atoms with Gasteiger partial charge in [-0.25, -0.2) is 0 Å². The zero-order valence-electron chi connectivity index (χ0n) is 11.8. The summed E-state index contributed by atoms with van der Waals surface area (Å²) in [6.07, 6.45) is 0. The molecule has 0 aromatic rings. The molecule has 1 saturated heterocycles. The molecule has 96 valence electrons. The Morgan fingerprint density at radius 2 is 2.06 bits per heavy atom. The molecule has 0 aliphatic carbocycles. The van der Waals surface area contributed by atoms with Crippen molar-refractivity contribution in [3.05, 3.63) is 0 Å². The molecule has 1 aliphatic rings. The van der Waals surface area contributed by atoms with Gasteiger partial charge in [-0.15, -0.1) is 0 Å². The van der Waals surface area contributed by atoms with E-state index in [4.69, 9.17) is 0 Å². The Hall–Kier alpha value is 0.270. The van der Waals surface area contributed by atoms with E-state index in [0.29, 0.717) is 16.2 Å². The van der Waals surface area contributed by atoms with Gasteiger partial charge in [0.2, 0.25) is 0 Å². The fourth-order valence-corrected chi connectivity index (χ4v) is 3.53. The van der Waals surface area contributed by atoms with Crippen LogP contribution in [0.2, 0.25) is 0 Å². The van der Waals surface area contributed by atoms with Crippen molar-refractivity contribution < 1.29 is 0 Å². The molecule has 0 radical (unpaired) electrons. The van der Waals surface area contributed by atoms with Crippen molar-refractivity contribution in [1.29, 1.82) is 0 Å². The number of nitrogens with one attached hydrogen (secondary N) is 1. The summed E-state index contributed by atoms with van der Waals surface area (Å²) < 4.78 is 0.428. The Labute approximate surface area is 106 Å². The van der Waals surface area contributed by atoms with E-state index in [1.165, 1.54) is 25.4 Å². The summed E-state index contributed by atoms with van der Waals surface area (Å²) in [5.74, 6) is 1.27. The summed E-state index contributed by atoms with van der Waals surface area (Å²) in [6.45, 7) is 15.4. The zero-order chi connectivity index (χ0) is 12.4. The van der Waals surface area contributed by atoms with Crippen LogP contribution in [-0.2, 0) is 0 Å². The van der Waals surface area contributed by atoms with Crippen LogP contribution in [0, 0.1) is 5.41 Å². The zero-order valence-corrected chi connectivity index (χ0v) is 12.6. The van der Waals surface area contributed by atoms with Gasteiger partial charge in [0.25, 0.3) is 0 Å². The minimum Gasteiger partial charge on any atom is -0.317 e. The lowest BCUT2D eigenvalue weighted by Gasteiger charge is -2.43. The lowest BCUT2D eigenvalue weighted by Crippen LogP contribution is -2.51. The van der Waals surface area contributed by atoms with Crippen LogP contribution in [0.4, 0.5) is 0 Å². The highest BCUT2D eigenvalue weighted by Crippen LogP contribution is 2.32. The van der Waals surface area contributed by atoms with E-state index < -0.39 is 0 Å². The molecule has 0 spiro atoms. The van der Waals surface area contributed by atoms with Crippen LogP contribution in [0.15, 0.2) is 0 Å².